The van der Waals surface area contributed by atoms with Crippen molar-refractivity contribution < 1.29 is 44.7 Å². The Bertz CT molecular complexity index is 2930. The minimum absolute atomic E-state index is 0.0891. The van der Waals surface area contributed by atoms with E-state index < -0.39 is 43.5 Å². The summed E-state index contributed by atoms with van der Waals surface area (Å²) in [6.45, 7) is 7.83. The van der Waals surface area contributed by atoms with Gasteiger partial charge in [0.1, 0.15) is 11.6 Å². The number of primary sulfonamides is 2. The van der Waals surface area contributed by atoms with E-state index in [1.807, 2.05) is 23.9 Å². The average molecular weight is 1230 g/mol. The molecule has 438 valence electrons. The molecule has 4 heterocycles. The molecular weight excluding hydrogens is 1160 g/mol. The van der Waals surface area contributed by atoms with Gasteiger partial charge >= 0.3 is 12.1 Å². The number of nitrogens with zero attached hydrogens (tertiary/aromatic N) is 4. The van der Waals surface area contributed by atoms with E-state index in [1.54, 1.807) is 24.3 Å². The third-order valence-electron chi connectivity index (χ3n) is 15.4. The Kier molecular flexibility index (Phi) is 21.4. The highest BCUT2D eigenvalue weighted by Crippen LogP contribution is 2.47. The molecule has 18 nitrogen and oxygen atoms in total. The Labute approximate surface area is 487 Å². The van der Waals surface area contributed by atoms with Gasteiger partial charge < -0.3 is 50.3 Å². The van der Waals surface area contributed by atoms with Crippen molar-refractivity contribution in [2.45, 2.75) is 72.2 Å². The summed E-state index contributed by atoms with van der Waals surface area (Å²) >= 11 is 26.1. The van der Waals surface area contributed by atoms with Crippen LogP contribution in [0.15, 0.2) is 58.3 Å². The van der Waals surface area contributed by atoms with E-state index in [0.717, 1.165) is 22.3 Å². The summed E-state index contributed by atoms with van der Waals surface area (Å²) in [4.78, 5) is 32.9. The van der Waals surface area contributed by atoms with Gasteiger partial charge in [-0.25, -0.2) is 45.5 Å². The van der Waals surface area contributed by atoms with Gasteiger partial charge in [0.05, 0.1) is 36.2 Å². The van der Waals surface area contributed by atoms with Crippen LogP contribution in [0.1, 0.15) is 93.9 Å². The topological polar surface area (TPSA) is 234 Å². The van der Waals surface area contributed by atoms with Crippen LogP contribution in [-0.4, -0.2) is 168 Å². The SMILES string of the molecule is CN1Cc2c(Cl)cc(Cl)cc2C(c2c(F)ccc(S(N)(=O)=O)c2[C@H]2CCN(CCOCCNC(=O)NCCCCNC(=O)NCCOCCN3CC[C@H](c4c(S(N)(=O)=O)ccc(F)c4C4CN(C)Cc5c(Cl)cc(Cl)cc54)C3)C2)C1. The maximum absolute atomic E-state index is 16.1. The lowest BCUT2D eigenvalue weighted by Gasteiger charge is -2.35. The first-order chi connectivity index (χ1) is 38.1. The number of carbonyl (C=O) groups excluding carboxylic acids is 2. The second kappa shape index (κ2) is 27.6. The summed E-state index contributed by atoms with van der Waals surface area (Å²) in [5.41, 5.74) is 4.52. The fraction of sp³-hybridized carbons (Fsp3) is 0.519. The number of likely N-dealkylation sites (tertiary alicyclic amines) is 2. The molecule has 4 aliphatic rings. The summed E-state index contributed by atoms with van der Waals surface area (Å²) in [6, 6.07) is 11.0. The van der Waals surface area contributed by atoms with E-state index in [0.29, 0.717) is 160 Å². The summed E-state index contributed by atoms with van der Waals surface area (Å²) in [7, 11) is -4.60. The molecule has 2 saturated heterocycles. The van der Waals surface area contributed by atoms with E-state index in [-0.39, 0.29) is 60.0 Å². The second-order valence-electron chi connectivity index (χ2n) is 21.1. The molecule has 0 saturated carbocycles. The molecule has 0 bridgehead atoms. The number of amides is 4. The highest BCUT2D eigenvalue weighted by molar-refractivity contribution is 7.89. The van der Waals surface area contributed by atoms with Crippen molar-refractivity contribution in [2.24, 2.45) is 10.3 Å². The van der Waals surface area contributed by atoms with E-state index in [4.69, 9.17) is 66.2 Å². The van der Waals surface area contributed by atoms with Crippen molar-refractivity contribution in [1.29, 1.82) is 0 Å². The molecule has 0 spiro atoms. The standard InChI is InChI=1S/C54H70Cl4F2N10O8S2/c1-67-29-39-37(23-35(55)25-43(39)57)41(31-67)51-45(59)5-7-47(79(61,73)74)49(51)33-9-15-69(27-33)17-21-77-19-13-65-53(71)63-11-3-4-12-64-54(72)66-14-20-78-22-18-70-16-10-34(28-70)50-48(80(62,75)76)8-6-46(60)52(50)42-32-68(2)30-40-38(42)24-36(56)26-44(40)58/h5-8,23-26,33-34,41-42H,3-4,9-22,27-32H2,1-2H3,(H2,61,73,74)(H2,62,75,76)(H2,63,65,71)(H2,64,66,72)/t33-,34-,41?,42?/m0/s1. The summed E-state index contributed by atoms with van der Waals surface area (Å²) in [5.74, 6) is -2.72. The molecule has 4 amide bonds. The number of urea groups is 2. The van der Waals surface area contributed by atoms with Gasteiger partial charge in [0.15, 0.2) is 0 Å². The number of hydrogen-bond acceptors (Lipinski definition) is 12. The lowest BCUT2D eigenvalue weighted by molar-refractivity contribution is 0.113. The number of likely N-dealkylation sites (N-methyl/N-ethyl adjacent to an activating group) is 2. The lowest BCUT2D eigenvalue weighted by Crippen LogP contribution is -2.39. The number of ether oxygens (including phenoxy) is 2. The first kappa shape index (κ1) is 62.1. The summed E-state index contributed by atoms with van der Waals surface area (Å²) in [5, 5.41) is 24.4. The van der Waals surface area contributed by atoms with Gasteiger partial charge in [-0.15, -0.1) is 0 Å². The molecule has 4 aromatic rings. The van der Waals surface area contributed by atoms with Gasteiger partial charge in [-0.2, -0.15) is 0 Å². The molecule has 4 aliphatic heterocycles. The van der Waals surface area contributed by atoms with Crippen LogP contribution in [-0.2, 0) is 42.6 Å². The third-order valence-corrected chi connectivity index (χ3v) is 18.4. The first-order valence-corrected chi connectivity index (χ1v) is 31.3. The highest BCUT2D eigenvalue weighted by atomic mass is 35.5. The molecule has 4 atom stereocenters. The van der Waals surface area contributed by atoms with E-state index in [9.17, 15) is 26.4 Å². The van der Waals surface area contributed by atoms with Crippen LogP contribution >= 0.6 is 46.4 Å². The predicted octanol–water partition coefficient (Wildman–Crippen LogP) is 6.72. The van der Waals surface area contributed by atoms with E-state index >= 15 is 8.78 Å². The van der Waals surface area contributed by atoms with Crippen LogP contribution in [0.3, 0.4) is 0 Å². The molecule has 8 N–H and O–H groups in total. The summed E-state index contributed by atoms with van der Waals surface area (Å²) in [6.07, 6.45) is 2.43. The van der Waals surface area contributed by atoms with E-state index in [1.165, 1.54) is 24.3 Å². The molecule has 0 radical (unpaired) electrons. The fourth-order valence-electron chi connectivity index (χ4n) is 11.8. The number of fused-ring (bicyclic) bond motifs is 2. The molecule has 8 rings (SSSR count). The number of unbranched alkanes of at least 4 members (excludes halogenated alkanes) is 1. The Morgan fingerprint density at radius 3 is 1.35 bits per heavy atom. The zero-order valence-corrected chi connectivity index (χ0v) is 49.4. The van der Waals surface area contributed by atoms with Crippen LogP contribution < -0.4 is 31.5 Å². The zero-order chi connectivity index (χ0) is 57.5. The van der Waals surface area contributed by atoms with Crippen LogP contribution in [0, 0.1) is 11.6 Å². The van der Waals surface area contributed by atoms with Gasteiger partial charge in [0.2, 0.25) is 20.0 Å². The molecule has 0 aliphatic carbocycles. The number of benzene rings is 4. The number of rotatable bonds is 23. The Morgan fingerprint density at radius 2 is 0.963 bits per heavy atom. The van der Waals surface area contributed by atoms with Crippen LogP contribution in [0.2, 0.25) is 20.1 Å². The van der Waals surface area contributed by atoms with Gasteiger partial charge in [-0.3, -0.25) is 0 Å². The monoisotopic (exact) mass is 1230 g/mol. The quantitative estimate of drug-likeness (QED) is 0.0425. The van der Waals surface area contributed by atoms with Crippen LogP contribution in [0.5, 0.6) is 0 Å². The maximum atomic E-state index is 16.1. The van der Waals surface area contributed by atoms with Gasteiger partial charge in [-0.05, 0) is 147 Å². The average Bonchev–Trinajstić information content (AvgIpc) is 4.08. The molecule has 0 aromatic heterocycles. The van der Waals surface area contributed by atoms with Crippen LogP contribution in [0.4, 0.5) is 18.4 Å². The van der Waals surface area contributed by atoms with Crippen molar-refractivity contribution in [3.63, 3.8) is 0 Å². The predicted molar refractivity (Wildman–Crippen MR) is 306 cm³/mol. The Morgan fingerprint density at radius 1 is 0.575 bits per heavy atom. The van der Waals surface area contributed by atoms with Crippen molar-refractivity contribution >= 4 is 78.5 Å². The number of nitrogens with two attached hydrogens (primary N) is 2. The fourth-order valence-corrected chi connectivity index (χ4v) is 14.6. The maximum Gasteiger partial charge on any atom is 0.314 e. The number of sulfonamides is 2. The summed E-state index contributed by atoms with van der Waals surface area (Å²) < 4.78 is 95.7. The molecule has 26 heteroatoms. The van der Waals surface area contributed by atoms with E-state index in [2.05, 4.69) is 31.1 Å². The molecule has 80 heavy (non-hydrogen) atoms. The number of hydrogen-bond donors (Lipinski definition) is 6. The molecular formula is C54H70Cl4F2N10O8S2. The van der Waals surface area contributed by atoms with Crippen LogP contribution in [0.25, 0.3) is 0 Å². The Hall–Kier alpha value is -3.98. The molecule has 4 aromatic carbocycles. The third kappa shape index (κ3) is 15.6. The smallest absolute Gasteiger partial charge is 0.314 e. The van der Waals surface area contributed by atoms with Crippen molar-refractivity contribution in [1.82, 2.24) is 40.9 Å². The van der Waals surface area contributed by atoms with Crippen molar-refractivity contribution in [3.05, 3.63) is 125 Å². The second-order valence-corrected chi connectivity index (χ2v) is 25.9. The van der Waals surface area contributed by atoms with Crippen molar-refractivity contribution in [3.8, 4) is 0 Å². The highest BCUT2D eigenvalue weighted by Gasteiger charge is 2.39. The van der Waals surface area contributed by atoms with Crippen molar-refractivity contribution in [2.75, 3.05) is 119 Å². The van der Waals surface area contributed by atoms with Gasteiger partial charge in [0.25, 0.3) is 0 Å². The molecule has 2 unspecified atom stereocenters. The first-order valence-electron chi connectivity index (χ1n) is 26.7. The normalized spacial score (nSPS) is 20.2. The minimum Gasteiger partial charge on any atom is -0.378 e. The largest absolute Gasteiger partial charge is 0.378 e. The number of halogens is 6. The number of carbonyl (C=O) groups is 2. The molecule has 2 fully saturated rings. The van der Waals surface area contributed by atoms with Gasteiger partial charge in [0, 0.05) is 122 Å². The Balaban J connectivity index is 0.680. The lowest BCUT2D eigenvalue weighted by atomic mass is 9.79. The minimum atomic E-state index is -4.20. The number of nitrogens with one attached hydrogen (secondary N) is 4. The van der Waals surface area contributed by atoms with Gasteiger partial charge in [-0.1, -0.05) is 46.4 Å². The zero-order valence-electron chi connectivity index (χ0n) is 44.8.